The van der Waals surface area contributed by atoms with Crippen molar-refractivity contribution < 1.29 is 4.42 Å². The summed E-state index contributed by atoms with van der Waals surface area (Å²) in [6.07, 6.45) is 10.5. The van der Waals surface area contributed by atoms with Crippen molar-refractivity contribution in [3.05, 3.63) is 35.3 Å². The van der Waals surface area contributed by atoms with Crippen molar-refractivity contribution in [3.63, 3.8) is 0 Å². The van der Waals surface area contributed by atoms with E-state index in [1.807, 2.05) is 18.7 Å². The molecule has 1 fully saturated rings. The first-order valence-corrected chi connectivity index (χ1v) is 8.31. The molecule has 1 unspecified atom stereocenters. The van der Waals surface area contributed by atoms with Crippen molar-refractivity contribution in [2.45, 2.75) is 64.5 Å². The number of aryl methyl sites for hydroxylation is 2. The number of hydrogen-bond acceptors (Lipinski definition) is 4. The summed E-state index contributed by atoms with van der Waals surface area (Å²) in [6, 6.07) is 0.105. The number of rotatable bonds is 5. The molecule has 0 aromatic carbocycles. The van der Waals surface area contributed by atoms with Gasteiger partial charge < -0.3 is 9.73 Å². The van der Waals surface area contributed by atoms with Gasteiger partial charge in [0.1, 0.15) is 5.76 Å². The molecule has 1 aliphatic carbocycles. The Kier molecular flexibility index (Phi) is 4.62. The molecule has 2 aromatic rings. The lowest BCUT2D eigenvalue weighted by molar-refractivity contribution is 0.399. The summed E-state index contributed by atoms with van der Waals surface area (Å²) in [5.41, 5.74) is 2.59. The average Bonchev–Trinajstić information content (AvgIpc) is 3.12. The number of oxazole rings is 1. The molecule has 1 atom stereocenters. The van der Waals surface area contributed by atoms with E-state index in [1.165, 1.54) is 43.4 Å². The van der Waals surface area contributed by atoms with Crippen LogP contribution in [0.5, 0.6) is 0 Å². The lowest BCUT2D eigenvalue weighted by atomic mass is 9.85. The van der Waals surface area contributed by atoms with E-state index in [-0.39, 0.29) is 6.04 Å². The smallest absolute Gasteiger partial charge is 0.211 e. The monoisotopic (exact) mass is 302 g/mol. The molecule has 120 valence electrons. The van der Waals surface area contributed by atoms with Crippen molar-refractivity contribution in [2.24, 2.45) is 7.05 Å². The first-order chi connectivity index (χ1) is 10.6. The van der Waals surface area contributed by atoms with Gasteiger partial charge in [-0.2, -0.15) is 5.10 Å². The van der Waals surface area contributed by atoms with Gasteiger partial charge in [-0.25, -0.2) is 4.98 Å². The summed E-state index contributed by atoms with van der Waals surface area (Å²) in [4.78, 5) is 4.30. The third-order valence-electron chi connectivity index (χ3n) is 4.54. The quantitative estimate of drug-likeness (QED) is 0.916. The molecule has 22 heavy (non-hydrogen) atoms. The van der Waals surface area contributed by atoms with Gasteiger partial charge >= 0.3 is 0 Å². The van der Waals surface area contributed by atoms with E-state index in [2.05, 4.69) is 23.4 Å². The lowest BCUT2D eigenvalue weighted by Gasteiger charge is -2.21. The second-order valence-corrected chi connectivity index (χ2v) is 6.46. The Morgan fingerprint density at radius 1 is 1.36 bits per heavy atom. The van der Waals surface area contributed by atoms with Gasteiger partial charge in [-0.05, 0) is 26.7 Å². The minimum Gasteiger partial charge on any atom is -0.444 e. The minimum atomic E-state index is 0.105. The summed E-state index contributed by atoms with van der Waals surface area (Å²) in [5, 5.41) is 8.24. The number of hydrogen-bond donors (Lipinski definition) is 1. The second kappa shape index (κ2) is 6.65. The maximum Gasteiger partial charge on any atom is 0.211 e. The van der Waals surface area contributed by atoms with Crippen molar-refractivity contribution >= 4 is 0 Å². The SMILES string of the molecule is Cc1cnc(C(C)NCc2cn(C)nc2C2CCCCC2)o1. The fraction of sp³-hybridized carbons (Fsp3) is 0.647. The molecule has 0 radical (unpaired) electrons. The molecule has 2 heterocycles. The molecule has 1 N–H and O–H groups in total. The Hall–Kier alpha value is -1.62. The number of nitrogens with zero attached hydrogens (tertiary/aromatic N) is 3. The average molecular weight is 302 g/mol. The number of aromatic nitrogens is 3. The molecular weight excluding hydrogens is 276 g/mol. The first kappa shape index (κ1) is 15.3. The molecular formula is C17H26N4O. The van der Waals surface area contributed by atoms with Crippen LogP contribution in [0.4, 0.5) is 0 Å². The van der Waals surface area contributed by atoms with Crippen molar-refractivity contribution in [2.75, 3.05) is 0 Å². The van der Waals surface area contributed by atoms with E-state index < -0.39 is 0 Å². The van der Waals surface area contributed by atoms with Crippen LogP contribution in [-0.4, -0.2) is 14.8 Å². The van der Waals surface area contributed by atoms with Crippen LogP contribution < -0.4 is 5.32 Å². The van der Waals surface area contributed by atoms with Crippen molar-refractivity contribution in [3.8, 4) is 0 Å². The molecule has 3 rings (SSSR count). The molecule has 0 spiro atoms. The van der Waals surface area contributed by atoms with Crippen LogP contribution in [0.2, 0.25) is 0 Å². The highest BCUT2D eigenvalue weighted by molar-refractivity contribution is 5.21. The topological polar surface area (TPSA) is 55.9 Å². The highest BCUT2D eigenvalue weighted by Crippen LogP contribution is 2.33. The van der Waals surface area contributed by atoms with Gasteiger partial charge in [-0.3, -0.25) is 4.68 Å². The summed E-state index contributed by atoms with van der Waals surface area (Å²) in [5.74, 6) is 2.24. The fourth-order valence-corrected chi connectivity index (χ4v) is 3.33. The summed E-state index contributed by atoms with van der Waals surface area (Å²) in [6.45, 7) is 4.82. The molecule has 1 aliphatic rings. The van der Waals surface area contributed by atoms with E-state index in [9.17, 15) is 0 Å². The van der Waals surface area contributed by atoms with Crippen LogP contribution in [-0.2, 0) is 13.6 Å². The van der Waals surface area contributed by atoms with Gasteiger partial charge in [0.2, 0.25) is 5.89 Å². The summed E-state index contributed by atoms with van der Waals surface area (Å²) in [7, 11) is 2.01. The van der Waals surface area contributed by atoms with Crippen molar-refractivity contribution in [1.82, 2.24) is 20.1 Å². The molecule has 0 aliphatic heterocycles. The Balaban J connectivity index is 1.67. The fourth-order valence-electron chi connectivity index (χ4n) is 3.33. The number of nitrogens with one attached hydrogen (secondary N) is 1. The van der Waals surface area contributed by atoms with Crippen LogP contribution in [0, 0.1) is 6.92 Å². The van der Waals surface area contributed by atoms with Gasteiger partial charge in [-0.1, -0.05) is 19.3 Å². The normalized spacial score (nSPS) is 17.8. The van der Waals surface area contributed by atoms with Gasteiger partial charge in [0.25, 0.3) is 0 Å². The van der Waals surface area contributed by atoms with Crippen LogP contribution in [0.1, 0.15) is 73.9 Å². The predicted octanol–water partition coefficient (Wildman–Crippen LogP) is 3.62. The van der Waals surface area contributed by atoms with Gasteiger partial charge in [0.15, 0.2) is 0 Å². The van der Waals surface area contributed by atoms with Crippen LogP contribution >= 0.6 is 0 Å². The van der Waals surface area contributed by atoms with E-state index >= 15 is 0 Å². The predicted molar refractivity (Wildman–Crippen MR) is 85.5 cm³/mol. The Morgan fingerprint density at radius 3 is 2.82 bits per heavy atom. The lowest BCUT2D eigenvalue weighted by Crippen LogP contribution is -2.19. The van der Waals surface area contributed by atoms with Gasteiger partial charge in [0.05, 0.1) is 17.9 Å². The van der Waals surface area contributed by atoms with Crippen LogP contribution in [0.25, 0.3) is 0 Å². The second-order valence-electron chi connectivity index (χ2n) is 6.46. The maximum atomic E-state index is 5.59. The van der Waals surface area contributed by atoms with Crippen LogP contribution in [0.3, 0.4) is 0 Å². The zero-order valence-electron chi connectivity index (χ0n) is 13.8. The van der Waals surface area contributed by atoms with E-state index in [1.54, 1.807) is 6.20 Å². The summed E-state index contributed by atoms with van der Waals surface area (Å²) >= 11 is 0. The third-order valence-corrected chi connectivity index (χ3v) is 4.54. The standard InChI is InChI=1S/C17H26N4O/c1-12-9-19-17(22-12)13(2)18-10-15-11-21(3)20-16(15)14-7-5-4-6-8-14/h9,11,13-14,18H,4-8,10H2,1-3H3. The zero-order valence-corrected chi connectivity index (χ0v) is 13.8. The van der Waals surface area contributed by atoms with Crippen molar-refractivity contribution in [1.29, 1.82) is 0 Å². The Bertz CT molecular complexity index is 610. The molecule has 5 nitrogen and oxygen atoms in total. The molecule has 2 aromatic heterocycles. The molecule has 0 amide bonds. The molecule has 0 bridgehead atoms. The Labute approximate surface area is 132 Å². The minimum absolute atomic E-state index is 0.105. The van der Waals surface area contributed by atoms with E-state index in [0.29, 0.717) is 5.92 Å². The molecule has 1 saturated carbocycles. The van der Waals surface area contributed by atoms with Gasteiger partial charge in [0, 0.05) is 31.3 Å². The van der Waals surface area contributed by atoms with E-state index in [4.69, 9.17) is 9.52 Å². The Morgan fingerprint density at radius 2 is 2.14 bits per heavy atom. The molecule has 0 saturated heterocycles. The third kappa shape index (κ3) is 3.40. The largest absolute Gasteiger partial charge is 0.444 e. The first-order valence-electron chi connectivity index (χ1n) is 8.31. The van der Waals surface area contributed by atoms with E-state index in [0.717, 1.165) is 18.2 Å². The highest BCUT2D eigenvalue weighted by Gasteiger charge is 2.22. The van der Waals surface area contributed by atoms with Crippen LogP contribution in [0.15, 0.2) is 16.8 Å². The zero-order chi connectivity index (χ0) is 15.5. The highest BCUT2D eigenvalue weighted by atomic mass is 16.4. The molecule has 5 heteroatoms. The maximum absolute atomic E-state index is 5.59. The van der Waals surface area contributed by atoms with Gasteiger partial charge in [-0.15, -0.1) is 0 Å². The summed E-state index contributed by atoms with van der Waals surface area (Å²) < 4.78 is 7.54.